The van der Waals surface area contributed by atoms with E-state index in [2.05, 4.69) is 15.5 Å². The van der Waals surface area contributed by atoms with E-state index in [1.54, 1.807) is 12.1 Å². The van der Waals surface area contributed by atoms with Crippen LogP contribution in [0.1, 0.15) is 15.9 Å². The fraction of sp³-hybridized carbons (Fsp3) is 0.118. The fourth-order valence-corrected chi connectivity index (χ4v) is 3.89. The zero-order valence-corrected chi connectivity index (χ0v) is 16.1. The molecule has 0 aliphatic heterocycles. The van der Waals surface area contributed by atoms with Crippen molar-refractivity contribution < 1.29 is 18.8 Å². The Bertz CT molecular complexity index is 1010. The number of nitrogens with zero attached hydrogens (tertiary/aromatic N) is 3. The Morgan fingerprint density at radius 2 is 2.04 bits per heavy atom. The monoisotopic (exact) mass is 420 g/mol. The van der Waals surface area contributed by atoms with Crippen LogP contribution in [0.3, 0.4) is 0 Å². The van der Waals surface area contributed by atoms with Gasteiger partial charge in [-0.1, -0.05) is 35.2 Å². The van der Waals surface area contributed by atoms with Gasteiger partial charge in [-0.2, -0.15) is 0 Å². The van der Waals surface area contributed by atoms with Gasteiger partial charge in [0.2, 0.25) is 5.13 Å². The number of thioether (sulfide) groups is 1. The number of carbonyl (C=O) groups excluding carboxylic acids is 1. The molecule has 0 saturated heterocycles. The zero-order chi connectivity index (χ0) is 20.1. The van der Waals surface area contributed by atoms with E-state index in [-0.39, 0.29) is 27.9 Å². The Labute approximate surface area is 166 Å². The molecule has 0 aliphatic rings. The molecule has 0 atom stereocenters. The molecule has 1 amide bonds. The molecule has 11 heteroatoms. The lowest BCUT2D eigenvalue weighted by Gasteiger charge is -2.04. The molecule has 0 aliphatic carbocycles. The Balaban J connectivity index is 1.64. The molecule has 1 aromatic heterocycles. The molecule has 0 bridgehead atoms. The summed E-state index contributed by atoms with van der Waals surface area (Å²) in [6.45, 7) is 0. The van der Waals surface area contributed by atoms with Crippen LogP contribution in [0.25, 0.3) is 0 Å². The van der Waals surface area contributed by atoms with E-state index in [0.717, 1.165) is 11.6 Å². The van der Waals surface area contributed by atoms with E-state index in [1.165, 1.54) is 54.5 Å². The number of methoxy groups -OCH3 is 1. The molecule has 1 heterocycles. The molecule has 2 aromatic carbocycles. The predicted molar refractivity (Wildman–Crippen MR) is 103 cm³/mol. The lowest BCUT2D eigenvalue weighted by Crippen LogP contribution is -2.12. The lowest BCUT2D eigenvalue weighted by atomic mass is 10.2. The van der Waals surface area contributed by atoms with Crippen molar-refractivity contribution >= 4 is 39.8 Å². The third-order valence-corrected chi connectivity index (χ3v) is 5.58. The fourth-order valence-electron chi connectivity index (χ4n) is 2.19. The number of hydrogen-bond acceptors (Lipinski definition) is 8. The molecule has 144 valence electrons. The number of benzene rings is 2. The smallest absolute Gasteiger partial charge is 0.311 e. The Hall–Kier alpha value is -3.05. The van der Waals surface area contributed by atoms with Crippen LogP contribution in [-0.4, -0.2) is 28.1 Å². The normalized spacial score (nSPS) is 10.5. The van der Waals surface area contributed by atoms with E-state index in [9.17, 15) is 19.3 Å². The molecular weight excluding hydrogens is 407 g/mol. The first-order valence-electron chi connectivity index (χ1n) is 7.81. The highest BCUT2D eigenvalue weighted by Gasteiger charge is 2.19. The number of nitro benzene ring substituents is 1. The van der Waals surface area contributed by atoms with E-state index in [0.29, 0.717) is 10.1 Å². The van der Waals surface area contributed by atoms with Crippen molar-refractivity contribution in [2.45, 2.75) is 10.1 Å². The van der Waals surface area contributed by atoms with E-state index in [1.807, 2.05) is 0 Å². The highest BCUT2D eigenvalue weighted by molar-refractivity contribution is 8.00. The number of anilines is 1. The number of nitrogens with one attached hydrogen (secondary N) is 1. The van der Waals surface area contributed by atoms with Gasteiger partial charge in [0.1, 0.15) is 5.82 Å². The number of halogens is 1. The topological polar surface area (TPSA) is 107 Å². The van der Waals surface area contributed by atoms with Gasteiger partial charge in [0.25, 0.3) is 5.91 Å². The third-order valence-electron chi connectivity index (χ3n) is 3.54. The zero-order valence-electron chi connectivity index (χ0n) is 14.4. The molecule has 0 spiro atoms. The van der Waals surface area contributed by atoms with Gasteiger partial charge in [0.05, 0.1) is 12.0 Å². The van der Waals surface area contributed by atoms with Gasteiger partial charge < -0.3 is 4.74 Å². The summed E-state index contributed by atoms with van der Waals surface area (Å²) in [6.07, 6.45) is 0. The van der Waals surface area contributed by atoms with Gasteiger partial charge in [-0.3, -0.25) is 20.2 Å². The first-order valence-corrected chi connectivity index (χ1v) is 9.61. The highest BCUT2D eigenvalue weighted by atomic mass is 32.2. The minimum atomic E-state index is -0.620. The van der Waals surface area contributed by atoms with Crippen LogP contribution in [0.4, 0.5) is 15.2 Å². The number of ether oxygens (including phenoxy) is 1. The van der Waals surface area contributed by atoms with Gasteiger partial charge in [0.15, 0.2) is 10.1 Å². The third kappa shape index (κ3) is 4.81. The van der Waals surface area contributed by atoms with Crippen molar-refractivity contribution in [1.29, 1.82) is 0 Å². The van der Waals surface area contributed by atoms with E-state index < -0.39 is 10.8 Å². The molecule has 0 fully saturated rings. The second-order valence-electron chi connectivity index (χ2n) is 5.39. The number of nitro groups is 1. The summed E-state index contributed by atoms with van der Waals surface area (Å²) in [7, 11) is 1.31. The predicted octanol–water partition coefficient (Wildman–Crippen LogP) is 4.14. The van der Waals surface area contributed by atoms with Gasteiger partial charge in [0, 0.05) is 17.4 Å². The Morgan fingerprint density at radius 3 is 2.71 bits per heavy atom. The Kier molecular flexibility index (Phi) is 6.16. The lowest BCUT2D eigenvalue weighted by molar-refractivity contribution is -0.385. The van der Waals surface area contributed by atoms with Crippen molar-refractivity contribution in [2.75, 3.05) is 12.4 Å². The molecule has 8 nitrogen and oxygen atoms in total. The number of carbonyl (C=O) groups is 1. The SMILES string of the molecule is COc1ccc(C(=O)Nc2nnc(SCc3ccc(F)cc3)s2)cc1[N+](=O)[O-]. The van der Waals surface area contributed by atoms with E-state index in [4.69, 9.17) is 4.74 Å². The molecule has 28 heavy (non-hydrogen) atoms. The van der Waals surface area contributed by atoms with Crippen LogP contribution in [-0.2, 0) is 5.75 Å². The van der Waals surface area contributed by atoms with Crippen molar-refractivity contribution in [1.82, 2.24) is 10.2 Å². The summed E-state index contributed by atoms with van der Waals surface area (Å²) in [5, 5.41) is 21.8. The van der Waals surface area contributed by atoms with Crippen LogP contribution in [0.15, 0.2) is 46.8 Å². The molecule has 3 rings (SSSR count). The Morgan fingerprint density at radius 1 is 1.29 bits per heavy atom. The summed E-state index contributed by atoms with van der Waals surface area (Å²) >= 11 is 2.57. The summed E-state index contributed by atoms with van der Waals surface area (Å²) < 4.78 is 18.5. The molecule has 0 radical (unpaired) electrons. The van der Waals surface area contributed by atoms with E-state index >= 15 is 0 Å². The van der Waals surface area contributed by atoms with Crippen LogP contribution < -0.4 is 10.1 Å². The first-order chi connectivity index (χ1) is 13.5. The number of aromatic nitrogens is 2. The number of rotatable bonds is 7. The van der Waals surface area contributed by atoms with Crippen molar-refractivity contribution in [3.8, 4) is 5.75 Å². The largest absolute Gasteiger partial charge is 0.490 e. The summed E-state index contributed by atoms with van der Waals surface area (Å²) in [5.74, 6) is -0.199. The molecule has 0 unspecified atom stereocenters. The standard InChI is InChI=1S/C17H13FN4O4S2/c1-26-14-7-4-11(8-13(14)22(24)25)15(23)19-16-20-21-17(28-16)27-9-10-2-5-12(18)6-3-10/h2-8H,9H2,1H3,(H,19,20,23). The van der Waals surface area contributed by atoms with Crippen LogP contribution in [0.2, 0.25) is 0 Å². The van der Waals surface area contributed by atoms with Crippen molar-refractivity contribution in [3.63, 3.8) is 0 Å². The van der Waals surface area contributed by atoms with Crippen molar-refractivity contribution in [2.24, 2.45) is 0 Å². The minimum Gasteiger partial charge on any atom is -0.490 e. The van der Waals surface area contributed by atoms with Gasteiger partial charge >= 0.3 is 5.69 Å². The average Bonchev–Trinajstić information content (AvgIpc) is 3.14. The maximum absolute atomic E-state index is 12.9. The maximum Gasteiger partial charge on any atom is 0.311 e. The molecular formula is C17H13FN4O4S2. The maximum atomic E-state index is 12.9. The summed E-state index contributed by atoms with van der Waals surface area (Å²) in [5.41, 5.74) is 0.726. The van der Waals surface area contributed by atoms with Crippen molar-refractivity contribution in [3.05, 3.63) is 69.5 Å². The summed E-state index contributed by atoms with van der Waals surface area (Å²) in [4.78, 5) is 22.8. The molecule has 1 N–H and O–H groups in total. The van der Waals surface area contributed by atoms with Crippen LogP contribution in [0, 0.1) is 15.9 Å². The second kappa shape index (κ2) is 8.76. The summed E-state index contributed by atoms with van der Waals surface area (Å²) in [6, 6.07) is 10.1. The van der Waals surface area contributed by atoms with Gasteiger partial charge in [-0.05, 0) is 29.8 Å². The average molecular weight is 420 g/mol. The van der Waals surface area contributed by atoms with Crippen LogP contribution in [0.5, 0.6) is 5.75 Å². The van der Waals surface area contributed by atoms with Gasteiger partial charge in [-0.15, -0.1) is 10.2 Å². The van der Waals surface area contributed by atoms with Gasteiger partial charge in [-0.25, -0.2) is 4.39 Å². The minimum absolute atomic E-state index is 0.0666. The highest BCUT2D eigenvalue weighted by Crippen LogP contribution is 2.30. The quantitative estimate of drug-likeness (QED) is 0.265. The second-order valence-corrected chi connectivity index (χ2v) is 7.59. The molecule has 3 aromatic rings. The number of amides is 1. The molecule has 0 saturated carbocycles. The number of hydrogen-bond donors (Lipinski definition) is 1. The van der Waals surface area contributed by atoms with Crippen LogP contribution >= 0.6 is 23.1 Å². The first kappa shape index (κ1) is 19.7.